The number of hydrogen-bond donors (Lipinski definition) is 2. The van der Waals surface area contributed by atoms with Crippen LogP contribution in [-0.4, -0.2) is 19.6 Å². The molecular weight excluding hydrogens is 248 g/mol. The van der Waals surface area contributed by atoms with Gasteiger partial charge in [-0.15, -0.1) is 11.3 Å². The second-order valence-corrected chi connectivity index (χ2v) is 5.19. The molecule has 0 saturated heterocycles. The fourth-order valence-electron chi connectivity index (χ4n) is 1.89. The highest BCUT2D eigenvalue weighted by atomic mass is 32.1. The van der Waals surface area contributed by atoms with E-state index in [4.69, 9.17) is 0 Å². The molecule has 1 aromatic carbocycles. The number of aliphatic hydroxyl groups is 1. The van der Waals surface area contributed by atoms with Crippen LogP contribution in [0.15, 0.2) is 36.7 Å². The summed E-state index contributed by atoms with van der Waals surface area (Å²) in [6.45, 7) is -0.00342. The third-order valence-electron chi connectivity index (χ3n) is 2.81. The molecule has 0 aliphatic carbocycles. The van der Waals surface area contributed by atoms with Crippen molar-refractivity contribution >= 4 is 16.3 Å². The van der Waals surface area contributed by atoms with Gasteiger partial charge >= 0.3 is 0 Å². The zero-order chi connectivity index (χ0) is 12.5. The Balaban J connectivity index is 1.90. The summed E-state index contributed by atoms with van der Waals surface area (Å²) in [5.74, 6) is 0.280. The molecule has 3 aromatic rings. The van der Waals surface area contributed by atoms with Crippen LogP contribution in [0.2, 0.25) is 0 Å². The molecular formula is C13H12N2O2S. The lowest BCUT2D eigenvalue weighted by molar-refractivity contribution is 0.276. The summed E-state index contributed by atoms with van der Waals surface area (Å²) in [4.78, 5) is 6.32. The quantitative estimate of drug-likeness (QED) is 0.759. The van der Waals surface area contributed by atoms with Crippen LogP contribution in [0.4, 0.5) is 0 Å². The van der Waals surface area contributed by atoms with Crippen LogP contribution < -0.4 is 0 Å². The van der Waals surface area contributed by atoms with Gasteiger partial charge in [0.2, 0.25) is 0 Å². The molecule has 0 saturated carbocycles. The molecule has 2 heterocycles. The SMILES string of the molecule is OCc1cnc2sc(Cc3ccc(O)cc3)cn12. The lowest BCUT2D eigenvalue weighted by Gasteiger charge is -1.98. The van der Waals surface area contributed by atoms with Crippen LogP contribution in [0, 0.1) is 0 Å². The van der Waals surface area contributed by atoms with Gasteiger partial charge in [0.15, 0.2) is 4.96 Å². The van der Waals surface area contributed by atoms with Crippen molar-refractivity contribution in [1.29, 1.82) is 0 Å². The van der Waals surface area contributed by atoms with Gasteiger partial charge in [0.25, 0.3) is 0 Å². The molecule has 0 unspecified atom stereocenters. The molecule has 2 N–H and O–H groups in total. The molecule has 18 heavy (non-hydrogen) atoms. The summed E-state index contributed by atoms with van der Waals surface area (Å²) < 4.78 is 1.92. The number of rotatable bonds is 3. The van der Waals surface area contributed by atoms with Crippen LogP contribution in [0.5, 0.6) is 5.75 Å². The Kier molecular flexibility index (Phi) is 2.77. The van der Waals surface area contributed by atoms with Gasteiger partial charge in [-0.1, -0.05) is 12.1 Å². The smallest absolute Gasteiger partial charge is 0.194 e. The standard InChI is InChI=1S/C13H12N2O2S/c16-8-10-6-14-13-15(10)7-12(18-13)5-9-1-3-11(17)4-2-9/h1-4,6-7,16-17H,5,8H2. The zero-order valence-corrected chi connectivity index (χ0v) is 10.4. The van der Waals surface area contributed by atoms with E-state index in [9.17, 15) is 10.2 Å². The second-order valence-electron chi connectivity index (χ2n) is 4.10. The molecule has 2 aromatic heterocycles. The van der Waals surface area contributed by atoms with Crippen molar-refractivity contribution in [2.45, 2.75) is 13.0 Å². The van der Waals surface area contributed by atoms with Crippen molar-refractivity contribution < 1.29 is 10.2 Å². The predicted octanol–water partition coefficient (Wildman–Crippen LogP) is 2.18. The number of aromatic hydroxyl groups is 1. The lowest BCUT2D eigenvalue weighted by atomic mass is 10.1. The number of aliphatic hydroxyl groups excluding tert-OH is 1. The number of nitrogens with zero attached hydrogens (tertiary/aromatic N) is 2. The van der Waals surface area contributed by atoms with E-state index in [1.165, 1.54) is 4.88 Å². The number of thiazole rings is 1. The molecule has 0 aliphatic heterocycles. The fourth-order valence-corrected chi connectivity index (χ4v) is 2.90. The van der Waals surface area contributed by atoms with Gasteiger partial charge in [-0.2, -0.15) is 0 Å². The second kappa shape index (κ2) is 4.44. The predicted molar refractivity (Wildman–Crippen MR) is 69.9 cm³/mol. The summed E-state index contributed by atoms with van der Waals surface area (Å²) in [5.41, 5.74) is 1.95. The number of phenols is 1. The Hall–Kier alpha value is -1.85. The molecule has 5 heteroatoms. The first-order valence-corrected chi connectivity index (χ1v) is 6.41. The molecule has 0 bridgehead atoms. The van der Waals surface area contributed by atoms with Crippen molar-refractivity contribution in [1.82, 2.24) is 9.38 Å². The number of imidazole rings is 1. The molecule has 0 aliphatic rings. The molecule has 92 valence electrons. The van der Waals surface area contributed by atoms with E-state index in [-0.39, 0.29) is 12.4 Å². The van der Waals surface area contributed by atoms with Crippen LogP contribution in [0.3, 0.4) is 0 Å². The highest BCUT2D eigenvalue weighted by molar-refractivity contribution is 7.17. The van der Waals surface area contributed by atoms with E-state index in [1.807, 2.05) is 22.7 Å². The minimum atomic E-state index is -0.00342. The Morgan fingerprint density at radius 1 is 1.22 bits per heavy atom. The van der Waals surface area contributed by atoms with E-state index >= 15 is 0 Å². The van der Waals surface area contributed by atoms with Gasteiger partial charge in [-0.05, 0) is 17.7 Å². The molecule has 0 fully saturated rings. The fraction of sp³-hybridized carbons (Fsp3) is 0.154. The Morgan fingerprint density at radius 2 is 2.00 bits per heavy atom. The third-order valence-corrected chi connectivity index (χ3v) is 3.81. The maximum absolute atomic E-state index is 9.23. The van der Waals surface area contributed by atoms with Crippen molar-refractivity contribution in [3.8, 4) is 5.75 Å². The topological polar surface area (TPSA) is 57.8 Å². The van der Waals surface area contributed by atoms with Crippen molar-refractivity contribution in [3.63, 3.8) is 0 Å². The monoisotopic (exact) mass is 260 g/mol. The summed E-state index contributed by atoms with van der Waals surface area (Å²) in [7, 11) is 0. The highest BCUT2D eigenvalue weighted by Crippen LogP contribution is 2.22. The Labute approximate surface area is 108 Å². The molecule has 0 spiro atoms. The van der Waals surface area contributed by atoms with Crippen molar-refractivity contribution in [3.05, 3.63) is 52.8 Å². The maximum Gasteiger partial charge on any atom is 0.194 e. The number of aromatic nitrogens is 2. The Bertz CT molecular complexity index is 670. The molecule has 4 nitrogen and oxygen atoms in total. The summed E-state index contributed by atoms with van der Waals surface area (Å²) >= 11 is 1.61. The number of phenolic OH excluding ortho intramolecular Hbond substituents is 1. The zero-order valence-electron chi connectivity index (χ0n) is 9.58. The summed E-state index contributed by atoms with van der Waals surface area (Å²) in [6.07, 6.45) is 4.50. The van der Waals surface area contributed by atoms with Crippen LogP contribution in [0.1, 0.15) is 16.1 Å². The van der Waals surface area contributed by atoms with Gasteiger partial charge < -0.3 is 10.2 Å². The van der Waals surface area contributed by atoms with Crippen LogP contribution in [-0.2, 0) is 13.0 Å². The van der Waals surface area contributed by atoms with E-state index in [0.717, 1.165) is 22.6 Å². The number of hydrogen-bond acceptors (Lipinski definition) is 4. The highest BCUT2D eigenvalue weighted by Gasteiger charge is 2.07. The molecule has 0 amide bonds. The van der Waals surface area contributed by atoms with Crippen LogP contribution >= 0.6 is 11.3 Å². The maximum atomic E-state index is 9.23. The summed E-state index contributed by atoms with van der Waals surface area (Å²) in [6, 6.07) is 7.19. The average Bonchev–Trinajstić information content (AvgIpc) is 2.91. The first kappa shape index (κ1) is 11.3. The minimum Gasteiger partial charge on any atom is -0.508 e. The number of fused-ring (bicyclic) bond motifs is 1. The van der Waals surface area contributed by atoms with E-state index in [2.05, 4.69) is 4.98 Å². The van der Waals surface area contributed by atoms with Gasteiger partial charge in [0.1, 0.15) is 5.75 Å². The van der Waals surface area contributed by atoms with E-state index in [0.29, 0.717) is 0 Å². The van der Waals surface area contributed by atoms with E-state index < -0.39 is 0 Å². The molecule has 3 rings (SSSR count). The lowest BCUT2D eigenvalue weighted by Crippen LogP contribution is -1.89. The largest absolute Gasteiger partial charge is 0.508 e. The van der Waals surface area contributed by atoms with Crippen molar-refractivity contribution in [2.24, 2.45) is 0 Å². The minimum absolute atomic E-state index is 0.00342. The van der Waals surface area contributed by atoms with E-state index in [1.54, 1.807) is 29.7 Å². The van der Waals surface area contributed by atoms with Gasteiger partial charge in [-0.3, -0.25) is 4.40 Å². The van der Waals surface area contributed by atoms with Gasteiger partial charge in [-0.25, -0.2) is 4.98 Å². The molecule has 0 radical (unpaired) electrons. The Morgan fingerprint density at radius 3 is 2.72 bits per heavy atom. The third kappa shape index (κ3) is 1.98. The molecule has 0 atom stereocenters. The number of benzene rings is 1. The van der Waals surface area contributed by atoms with Crippen molar-refractivity contribution in [2.75, 3.05) is 0 Å². The first-order chi connectivity index (χ1) is 8.76. The van der Waals surface area contributed by atoms with Gasteiger partial charge in [0, 0.05) is 17.5 Å². The summed E-state index contributed by atoms with van der Waals surface area (Å²) in [5, 5.41) is 18.4. The normalized spacial score (nSPS) is 11.2. The average molecular weight is 260 g/mol. The van der Waals surface area contributed by atoms with Gasteiger partial charge in [0.05, 0.1) is 18.5 Å². The van der Waals surface area contributed by atoms with Crippen LogP contribution in [0.25, 0.3) is 4.96 Å². The first-order valence-electron chi connectivity index (χ1n) is 5.59.